The number of rotatable bonds is 13. The van der Waals surface area contributed by atoms with Crippen LogP contribution in [0, 0.1) is 0 Å². The minimum Gasteiger partial charge on any atom is -0.497 e. The average molecular weight is 633 g/mol. The zero-order valence-corrected chi connectivity index (χ0v) is 28.4. The molecule has 0 saturated heterocycles. The van der Waals surface area contributed by atoms with Crippen molar-refractivity contribution in [2.45, 2.75) is 37.5 Å². The highest BCUT2D eigenvalue weighted by molar-refractivity contribution is 6.99. The molecule has 5 nitrogen and oxygen atoms in total. The van der Waals surface area contributed by atoms with E-state index >= 15 is 0 Å². The average Bonchev–Trinajstić information content (AvgIpc) is 3.10. The lowest BCUT2D eigenvalue weighted by Crippen LogP contribution is -2.67. The second-order valence-corrected chi connectivity index (χ2v) is 16.7. The van der Waals surface area contributed by atoms with Crippen LogP contribution >= 0.6 is 0 Å². The van der Waals surface area contributed by atoms with E-state index in [0.717, 1.165) is 38.6 Å². The lowest BCUT2D eigenvalue weighted by Gasteiger charge is -2.43. The highest BCUT2D eigenvalue weighted by atomic mass is 28.4. The van der Waals surface area contributed by atoms with Crippen molar-refractivity contribution in [1.82, 2.24) is 0 Å². The lowest BCUT2D eigenvalue weighted by atomic mass is 9.80. The summed E-state index contributed by atoms with van der Waals surface area (Å²) in [6.45, 7) is 6.84. The molecule has 0 fully saturated rings. The van der Waals surface area contributed by atoms with Crippen molar-refractivity contribution < 1.29 is 23.7 Å². The number of hydrogen-bond donors (Lipinski definition) is 1. The molecule has 0 spiro atoms. The maximum atomic E-state index is 11.7. The third-order valence-corrected chi connectivity index (χ3v) is 13.6. The molecule has 5 aromatic carbocycles. The van der Waals surface area contributed by atoms with Crippen LogP contribution in [0.1, 0.15) is 37.5 Å². The molecule has 0 unspecified atom stereocenters. The van der Waals surface area contributed by atoms with Gasteiger partial charge in [-0.05, 0) is 56.4 Å². The van der Waals surface area contributed by atoms with Crippen molar-refractivity contribution in [1.29, 1.82) is 0 Å². The van der Waals surface area contributed by atoms with Crippen LogP contribution in [0.5, 0.6) is 11.5 Å². The lowest BCUT2D eigenvalue weighted by molar-refractivity contribution is -0.0504. The molecule has 5 rings (SSSR count). The first-order valence-corrected chi connectivity index (χ1v) is 17.6. The molecule has 0 heterocycles. The van der Waals surface area contributed by atoms with Crippen LogP contribution in [0.25, 0.3) is 0 Å². The van der Waals surface area contributed by atoms with Gasteiger partial charge in [-0.1, -0.05) is 136 Å². The van der Waals surface area contributed by atoms with Gasteiger partial charge in [0.05, 0.1) is 33.5 Å². The summed E-state index contributed by atoms with van der Waals surface area (Å²) in [4.78, 5) is 0. The van der Waals surface area contributed by atoms with Crippen LogP contribution in [0.2, 0.25) is 5.04 Å². The summed E-state index contributed by atoms with van der Waals surface area (Å²) >= 11 is 0. The maximum absolute atomic E-state index is 11.7. The molecule has 0 aliphatic carbocycles. The van der Waals surface area contributed by atoms with E-state index in [2.05, 4.69) is 81.4 Å². The zero-order valence-electron chi connectivity index (χ0n) is 27.4. The highest BCUT2D eigenvalue weighted by Crippen LogP contribution is 2.42. The Morgan fingerprint density at radius 3 is 1.33 bits per heavy atom. The SMILES string of the molecule is COc1ccc(C(OC[C@@H](O)CO[Si](c2ccccc2)(c2ccccc2)C(C)(C)C)(c2ccccc2)c2ccc(OC)cc2)cc1. The van der Waals surface area contributed by atoms with Gasteiger partial charge in [0, 0.05) is 0 Å². The number of benzene rings is 5. The first-order valence-electron chi connectivity index (χ1n) is 15.7. The summed E-state index contributed by atoms with van der Waals surface area (Å²) in [5, 5.41) is 13.8. The van der Waals surface area contributed by atoms with E-state index in [0.29, 0.717) is 0 Å². The molecule has 6 heteroatoms. The van der Waals surface area contributed by atoms with Crippen LogP contribution < -0.4 is 19.8 Å². The Labute approximate surface area is 274 Å². The van der Waals surface area contributed by atoms with Crippen LogP contribution in [-0.4, -0.2) is 47.0 Å². The van der Waals surface area contributed by atoms with E-state index in [4.69, 9.17) is 18.6 Å². The van der Waals surface area contributed by atoms with E-state index in [-0.39, 0.29) is 18.3 Å². The molecular formula is C40H44O5Si. The van der Waals surface area contributed by atoms with Gasteiger partial charge in [-0.15, -0.1) is 0 Å². The largest absolute Gasteiger partial charge is 0.497 e. The third-order valence-electron chi connectivity index (χ3n) is 8.57. The molecular weight excluding hydrogens is 589 g/mol. The topological polar surface area (TPSA) is 57.2 Å². The van der Waals surface area contributed by atoms with Crippen LogP contribution in [-0.2, 0) is 14.8 Å². The number of aliphatic hydroxyl groups excluding tert-OH is 1. The molecule has 5 aromatic rings. The third kappa shape index (κ3) is 6.67. The summed E-state index contributed by atoms with van der Waals surface area (Å²) < 4.78 is 25.0. The van der Waals surface area contributed by atoms with Gasteiger partial charge in [0.1, 0.15) is 17.1 Å². The molecule has 1 atom stereocenters. The standard InChI is InChI=1S/C40H44O5Si/c1-39(2,3)46(37-17-11-7-12-18-37,38-19-13-8-14-20-38)45-30-34(41)29-44-40(31-15-9-6-10-16-31,32-21-25-35(42-4)26-22-32)33-23-27-36(43-5)28-24-33/h6-28,34,41H,29-30H2,1-5H3/t34-/m1/s1. The second kappa shape index (κ2) is 14.5. The molecule has 0 amide bonds. The Hall–Kier alpha value is -4.20. The Kier molecular flexibility index (Phi) is 10.4. The number of methoxy groups -OCH3 is 2. The minimum atomic E-state index is -2.84. The van der Waals surface area contributed by atoms with Gasteiger partial charge in [-0.25, -0.2) is 0 Å². The van der Waals surface area contributed by atoms with Gasteiger partial charge in [-0.2, -0.15) is 0 Å². The van der Waals surface area contributed by atoms with Gasteiger partial charge in [0.25, 0.3) is 8.32 Å². The van der Waals surface area contributed by atoms with Gasteiger partial charge in [0.15, 0.2) is 0 Å². The molecule has 1 N–H and O–H groups in total. The summed E-state index contributed by atoms with van der Waals surface area (Å²) in [6, 6.07) is 46.8. The van der Waals surface area contributed by atoms with Crippen LogP contribution in [0.15, 0.2) is 140 Å². The van der Waals surface area contributed by atoms with E-state index in [1.807, 2.05) is 78.9 Å². The van der Waals surface area contributed by atoms with Crippen molar-refractivity contribution in [3.8, 4) is 11.5 Å². The summed E-state index contributed by atoms with van der Waals surface area (Å²) in [5.41, 5.74) is 1.72. The predicted octanol–water partition coefficient (Wildman–Crippen LogP) is 6.95. The number of ether oxygens (including phenoxy) is 3. The fourth-order valence-corrected chi connectivity index (χ4v) is 10.9. The van der Waals surface area contributed by atoms with Gasteiger partial charge in [-0.3, -0.25) is 0 Å². The molecule has 238 valence electrons. The number of aliphatic hydroxyl groups is 1. The van der Waals surface area contributed by atoms with Gasteiger partial charge in [0.2, 0.25) is 0 Å². The predicted molar refractivity (Wildman–Crippen MR) is 188 cm³/mol. The van der Waals surface area contributed by atoms with E-state index in [1.54, 1.807) is 14.2 Å². The zero-order chi connectivity index (χ0) is 32.6. The first-order chi connectivity index (χ1) is 22.2. The van der Waals surface area contributed by atoms with E-state index in [9.17, 15) is 5.11 Å². The Balaban J connectivity index is 1.52. The number of hydrogen-bond acceptors (Lipinski definition) is 5. The van der Waals surface area contributed by atoms with Crippen molar-refractivity contribution in [2.24, 2.45) is 0 Å². The van der Waals surface area contributed by atoms with Crippen molar-refractivity contribution in [3.63, 3.8) is 0 Å². The molecule has 0 aromatic heterocycles. The Morgan fingerprint density at radius 1 is 0.543 bits per heavy atom. The summed E-state index contributed by atoms with van der Waals surface area (Å²) in [6.07, 6.45) is -0.902. The van der Waals surface area contributed by atoms with Crippen molar-refractivity contribution in [3.05, 3.63) is 156 Å². The van der Waals surface area contributed by atoms with Crippen molar-refractivity contribution in [2.75, 3.05) is 27.4 Å². The summed E-state index contributed by atoms with van der Waals surface area (Å²) in [5.74, 6) is 1.50. The molecule has 0 aliphatic rings. The first kappa shape index (κ1) is 33.2. The van der Waals surface area contributed by atoms with Crippen molar-refractivity contribution >= 4 is 18.7 Å². The van der Waals surface area contributed by atoms with Gasteiger partial charge >= 0.3 is 0 Å². The monoisotopic (exact) mass is 632 g/mol. The fourth-order valence-electron chi connectivity index (χ4n) is 6.33. The Bertz CT molecular complexity index is 1550. The quantitative estimate of drug-likeness (QED) is 0.113. The normalized spacial score (nSPS) is 12.8. The van der Waals surface area contributed by atoms with Crippen LogP contribution in [0.3, 0.4) is 0 Å². The maximum Gasteiger partial charge on any atom is 0.261 e. The van der Waals surface area contributed by atoms with Crippen LogP contribution in [0.4, 0.5) is 0 Å². The highest BCUT2D eigenvalue weighted by Gasteiger charge is 2.50. The van der Waals surface area contributed by atoms with E-state index in [1.165, 1.54) is 0 Å². The molecule has 0 radical (unpaired) electrons. The smallest absolute Gasteiger partial charge is 0.261 e. The molecule has 0 bridgehead atoms. The Morgan fingerprint density at radius 2 is 0.935 bits per heavy atom. The molecule has 0 aliphatic heterocycles. The molecule has 0 saturated carbocycles. The summed E-state index contributed by atoms with van der Waals surface area (Å²) in [7, 11) is 0.465. The minimum absolute atomic E-state index is 0.0329. The van der Waals surface area contributed by atoms with Gasteiger partial charge < -0.3 is 23.7 Å². The second-order valence-electron chi connectivity index (χ2n) is 12.4. The fraction of sp³-hybridized carbons (Fsp3) is 0.250. The van der Waals surface area contributed by atoms with E-state index < -0.39 is 20.0 Å². The molecule has 46 heavy (non-hydrogen) atoms.